The first-order valence-corrected chi connectivity index (χ1v) is 6.39. The summed E-state index contributed by atoms with van der Waals surface area (Å²) in [4.78, 5) is 0. The average molecular weight is 365 g/mol. The molecule has 0 amide bonds. The monoisotopic (exact) mass is 365 g/mol. The van der Waals surface area contributed by atoms with Gasteiger partial charge in [0.25, 0.3) is 0 Å². The molecule has 1 aromatic carbocycles. The second kappa shape index (κ2) is 7.43. The van der Waals surface area contributed by atoms with Crippen LogP contribution >= 0.6 is 0 Å². The number of rotatable bonds is 3. The highest BCUT2D eigenvalue weighted by molar-refractivity contribution is 5.66. The second-order valence-electron chi connectivity index (χ2n) is 4.89. The first-order valence-electron chi connectivity index (χ1n) is 6.39. The van der Waals surface area contributed by atoms with Crippen LogP contribution in [0.25, 0.3) is 12.2 Å². The fourth-order valence-electron chi connectivity index (χ4n) is 1.88. The van der Waals surface area contributed by atoms with E-state index in [-0.39, 0.29) is 24.0 Å². The lowest BCUT2D eigenvalue weighted by Gasteiger charge is -2.04. The summed E-state index contributed by atoms with van der Waals surface area (Å²) in [5, 5.41) is 0. The molecular formula is C17H20IN. The number of benzene rings is 1. The van der Waals surface area contributed by atoms with Gasteiger partial charge in [-0.2, -0.15) is 0 Å². The Hall–Kier alpha value is -1.16. The van der Waals surface area contributed by atoms with Crippen molar-refractivity contribution in [1.82, 2.24) is 0 Å². The molecule has 0 fully saturated rings. The Kier molecular flexibility index (Phi) is 6.22. The number of aryl methyl sites for hydroxylation is 1. The van der Waals surface area contributed by atoms with Gasteiger partial charge in [0.1, 0.15) is 7.05 Å². The molecule has 2 rings (SSSR count). The summed E-state index contributed by atoms with van der Waals surface area (Å²) in [5.41, 5.74) is 3.83. The standard InChI is InChI=1S/C17H20N.HI/c1-14(2)16-10-7-15(8-11-16)9-12-17-6-4-5-13-18(17)3;/h4-14H,1-3H3;1H/q+1;/p-1/b12-9+;. The Bertz CT molecular complexity index is 541. The van der Waals surface area contributed by atoms with Crippen molar-refractivity contribution in [3.05, 3.63) is 65.5 Å². The Morgan fingerprint density at radius 3 is 2.21 bits per heavy atom. The Labute approximate surface area is 133 Å². The first-order chi connectivity index (χ1) is 8.66. The fraction of sp³-hybridized carbons (Fsp3) is 0.235. The van der Waals surface area contributed by atoms with Crippen molar-refractivity contribution >= 4 is 12.2 Å². The molecule has 1 nitrogen and oxygen atoms in total. The molecule has 0 spiro atoms. The normalized spacial score (nSPS) is 10.7. The van der Waals surface area contributed by atoms with E-state index in [9.17, 15) is 0 Å². The van der Waals surface area contributed by atoms with Crippen molar-refractivity contribution in [2.45, 2.75) is 19.8 Å². The van der Waals surface area contributed by atoms with Crippen molar-refractivity contribution in [3.63, 3.8) is 0 Å². The lowest BCUT2D eigenvalue weighted by Crippen LogP contribution is -3.00. The molecule has 0 bridgehead atoms. The topological polar surface area (TPSA) is 3.88 Å². The molecule has 1 aromatic heterocycles. The predicted molar refractivity (Wildman–Crippen MR) is 77.1 cm³/mol. The van der Waals surface area contributed by atoms with Crippen LogP contribution in [0.5, 0.6) is 0 Å². The third-order valence-electron chi connectivity index (χ3n) is 3.14. The summed E-state index contributed by atoms with van der Waals surface area (Å²) in [6.45, 7) is 4.43. The third kappa shape index (κ3) is 4.46. The maximum atomic E-state index is 2.22. The van der Waals surface area contributed by atoms with E-state index in [1.54, 1.807) is 0 Å². The quantitative estimate of drug-likeness (QED) is 0.560. The molecule has 0 aliphatic rings. The summed E-state index contributed by atoms with van der Waals surface area (Å²) in [6.07, 6.45) is 6.35. The van der Waals surface area contributed by atoms with Crippen LogP contribution in [-0.4, -0.2) is 0 Å². The number of aromatic nitrogens is 1. The summed E-state index contributed by atoms with van der Waals surface area (Å²) in [6, 6.07) is 15.0. The van der Waals surface area contributed by atoms with E-state index in [0.717, 1.165) is 0 Å². The maximum Gasteiger partial charge on any atom is 0.204 e. The summed E-state index contributed by atoms with van der Waals surface area (Å²) < 4.78 is 2.11. The van der Waals surface area contributed by atoms with Crippen molar-refractivity contribution in [2.75, 3.05) is 0 Å². The zero-order valence-corrected chi connectivity index (χ0v) is 13.8. The van der Waals surface area contributed by atoms with E-state index in [0.29, 0.717) is 5.92 Å². The van der Waals surface area contributed by atoms with Crippen molar-refractivity contribution < 1.29 is 28.5 Å². The Balaban J connectivity index is 0.00000180. The smallest absolute Gasteiger partial charge is 0.204 e. The molecule has 0 saturated carbocycles. The van der Waals surface area contributed by atoms with E-state index < -0.39 is 0 Å². The molecule has 1 heterocycles. The van der Waals surface area contributed by atoms with Crippen LogP contribution in [0.3, 0.4) is 0 Å². The van der Waals surface area contributed by atoms with Crippen molar-refractivity contribution in [1.29, 1.82) is 0 Å². The molecule has 0 atom stereocenters. The van der Waals surface area contributed by atoms with Gasteiger partial charge < -0.3 is 24.0 Å². The highest BCUT2D eigenvalue weighted by atomic mass is 127. The van der Waals surface area contributed by atoms with Gasteiger partial charge in [-0.05, 0) is 29.2 Å². The molecule has 0 aliphatic heterocycles. The van der Waals surface area contributed by atoms with Gasteiger partial charge >= 0.3 is 0 Å². The van der Waals surface area contributed by atoms with Crippen LogP contribution in [0.15, 0.2) is 48.7 Å². The van der Waals surface area contributed by atoms with Gasteiger partial charge in [-0.25, -0.2) is 4.57 Å². The maximum absolute atomic E-state index is 2.22. The fourth-order valence-corrected chi connectivity index (χ4v) is 1.88. The Morgan fingerprint density at radius 2 is 1.63 bits per heavy atom. The number of hydrogen-bond acceptors (Lipinski definition) is 0. The largest absolute Gasteiger partial charge is 1.00 e. The minimum atomic E-state index is 0. The van der Waals surface area contributed by atoms with Gasteiger partial charge in [-0.3, -0.25) is 0 Å². The number of halogens is 1. The molecule has 100 valence electrons. The first kappa shape index (κ1) is 15.9. The van der Waals surface area contributed by atoms with Crippen LogP contribution in [0, 0.1) is 0 Å². The zero-order valence-electron chi connectivity index (χ0n) is 11.7. The molecule has 0 unspecified atom stereocenters. The third-order valence-corrected chi connectivity index (χ3v) is 3.14. The highest BCUT2D eigenvalue weighted by Crippen LogP contribution is 2.15. The minimum absolute atomic E-state index is 0. The molecule has 0 aliphatic carbocycles. The molecule has 2 aromatic rings. The van der Waals surface area contributed by atoms with E-state index >= 15 is 0 Å². The number of hydrogen-bond donors (Lipinski definition) is 0. The van der Waals surface area contributed by atoms with Crippen molar-refractivity contribution in [3.8, 4) is 0 Å². The van der Waals surface area contributed by atoms with Crippen LogP contribution in [0.4, 0.5) is 0 Å². The lowest BCUT2D eigenvalue weighted by atomic mass is 10.0. The van der Waals surface area contributed by atoms with Crippen LogP contribution in [0.1, 0.15) is 36.6 Å². The number of nitrogens with zero attached hydrogens (tertiary/aromatic N) is 1. The molecule has 0 N–H and O–H groups in total. The van der Waals surface area contributed by atoms with E-state index in [1.165, 1.54) is 16.8 Å². The minimum Gasteiger partial charge on any atom is -1.00 e. The van der Waals surface area contributed by atoms with Crippen LogP contribution in [-0.2, 0) is 7.05 Å². The van der Waals surface area contributed by atoms with Crippen LogP contribution < -0.4 is 28.5 Å². The highest BCUT2D eigenvalue weighted by Gasteiger charge is 2.00. The van der Waals surface area contributed by atoms with E-state index in [4.69, 9.17) is 0 Å². The molecule has 19 heavy (non-hydrogen) atoms. The average Bonchev–Trinajstić information content (AvgIpc) is 2.38. The van der Waals surface area contributed by atoms with Gasteiger partial charge in [0.05, 0.1) is 0 Å². The van der Waals surface area contributed by atoms with Gasteiger partial charge in [0.2, 0.25) is 5.69 Å². The number of pyridine rings is 1. The molecule has 2 heteroatoms. The summed E-state index contributed by atoms with van der Waals surface area (Å²) in [7, 11) is 2.06. The Morgan fingerprint density at radius 1 is 0.947 bits per heavy atom. The van der Waals surface area contributed by atoms with Gasteiger partial charge in [0.15, 0.2) is 6.20 Å². The zero-order chi connectivity index (χ0) is 13.0. The molecule has 0 radical (unpaired) electrons. The molecule has 0 saturated heterocycles. The molecular weight excluding hydrogens is 345 g/mol. The van der Waals surface area contributed by atoms with Crippen LogP contribution in [0.2, 0.25) is 0 Å². The predicted octanol–water partition coefficient (Wildman–Crippen LogP) is 0.809. The summed E-state index contributed by atoms with van der Waals surface area (Å²) in [5.74, 6) is 0.593. The van der Waals surface area contributed by atoms with Gasteiger partial charge in [0, 0.05) is 18.2 Å². The van der Waals surface area contributed by atoms with Crippen molar-refractivity contribution in [2.24, 2.45) is 7.05 Å². The lowest BCUT2D eigenvalue weighted by molar-refractivity contribution is -0.673. The van der Waals surface area contributed by atoms with Gasteiger partial charge in [-0.1, -0.05) is 38.1 Å². The summed E-state index contributed by atoms with van der Waals surface area (Å²) >= 11 is 0. The SMILES string of the molecule is CC(C)c1ccc(/C=C/c2cccc[n+]2C)cc1.[I-]. The van der Waals surface area contributed by atoms with E-state index in [2.05, 4.69) is 80.2 Å². The van der Waals surface area contributed by atoms with Gasteiger partial charge in [-0.15, -0.1) is 0 Å². The second-order valence-corrected chi connectivity index (χ2v) is 4.89. The van der Waals surface area contributed by atoms with E-state index in [1.807, 2.05) is 6.07 Å².